The van der Waals surface area contributed by atoms with E-state index in [1.807, 2.05) is 13.0 Å². The summed E-state index contributed by atoms with van der Waals surface area (Å²) in [5, 5.41) is 8.48. The normalized spacial score (nSPS) is 9.96. The van der Waals surface area contributed by atoms with Crippen molar-refractivity contribution in [2.24, 2.45) is 0 Å². The predicted molar refractivity (Wildman–Crippen MR) is 107 cm³/mol. The van der Waals surface area contributed by atoms with Gasteiger partial charge < -0.3 is 15.4 Å². The van der Waals surface area contributed by atoms with Crippen LogP contribution in [0.15, 0.2) is 42.5 Å². The van der Waals surface area contributed by atoms with E-state index in [0.29, 0.717) is 29.1 Å². The first-order valence-electron chi connectivity index (χ1n) is 8.10. The SMILES string of the molecule is CCC(=O)Nc1cccc(NC(=S)NC(=O)c2cccc(C)c2OC)c1. The monoisotopic (exact) mass is 371 g/mol. The molecule has 2 rings (SSSR count). The molecule has 0 unspecified atom stereocenters. The minimum Gasteiger partial charge on any atom is -0.496 e. The molecule has 0 aliphatic rings. The number of methoxy groups -OCH3 is 1. The molecule has 2 amide bonds. The van der Waals surface area contributed by atoms with Gasteiger partial charge in [0.25, 0.3) is 5.91 Å². The number of rotatable bonds is 5. The second-order valence-corrected chi connectivity index (χ2v) is 5.95. The molecule has 2 aromatic rings. The molecule has 0 atom stereocenters. The Bertz CT molecular complexity index is 837. The number of anilines is 2. The van der Waals surface area contributed by atoms with Crippen LogP contribution in [0, 0.1) is 6.92 Å². The molecular weight excluding hydrogens is 350 g/mol. The second-order valence-electron chi connectivity index (χ2n) is 5.55. The Kier molecular flexibility index (Phi) is 6.68. The van der Waals surface area contributed by atoms with Gasteiger partial charge in [-0.1, -0.05) is 25.1 Å². The van der Waals surface area contributed by atoms with E-state index >= 15 is 0 Å². The summed E-state index contributed by atoms with van der Waals surface area (Å²) in [5.74, 6) is 0.0696. The second kappa shape index (κ2) is 8.96. The van der Waals surface area contributed by atoms with Crippen molar-refractivity contribution in [1.29, 1.82) is 0 Å². The first kappa shape index (κ1) is 19.4. The number of hydrogen-bond donors (Lipinski definition) is 3. The molecule has 2 aromatic carbocycles. The van der Waals surface area contributed by atoms with Crippen LogP contribution in [0.5, 0.6) is 5.75 Å². The smallest absolute Gasteiger partial charge is 0.261 e. The summed E-state index contributed by atoms with van der Waals surface area (Å²) < 4.78 is 5.30. The Hall–Kier alpha value is -2.93. The maximum atomic E-state index is 12.5. The Balaban J connectivity index is 2.05. The fraction of sp³-hybridized carbons (Fsp3) is 0.211. The van der Waals surface area contributed by atoms with Gasteiger partial charge >= 0.3 is 0 Å². The fourth-order valence-corrected chi connectivity index (χ4v) is 2.57. The fourth-order valence-electron chi connectivity index (χ4n) is 2.36. The number of benzene rings is 2. The molecule has 0 spiro atoms. The lowest BCUT2D eigenvalue weighted by molar-refractivity contribution is -0.115. The summed E-state index contributed by atoms with van der Waals surface area (Å²) >= 11 is 5.21. The van der Waals surface area contributed by atoms with Crippen LogP contribution in [0.1, 0.15) is 29.3 Å². The van der Waals surface area contributed by atoms with E-state index in [4.69, 9.17) is 17.0 Å². The number of carbonyl (C=O) groups is 2. The van der Waals surface area contributed by atoms with Gasteiger partial charge in [0.05, 0.1) is 12.7 Å². The van der Waals surface area contributed by atoms with Crippen LogP contribution in [0.25, 0.3) is 0 Å². The molecule has 0 saturated carbocycles. The van der Waals surface area contributed by atoms with Gasteiger partial charge in [0.1, 0.15) is 5.75 Å². The summed E-state index contributed by atoms with van der Waals surface area (Å²) in [7, 11) is 1.52. The third-order valence-corrected chi connectivity index (χ3v) is 3.82. The van der Waals surface area contributed by atoms with E-state index < -0.39 is 0 Å². The Morgan fingerprint density at radius 2 is 1.73 bits per heavy atom. The lowest BCUT2D eigenvalue weighted by atomic mass is 10.1. The molecule has 0 aromatic heterocycles. The first-order chi connectivity index (χ1) is 12.4. The van der Waals surface area contributed by atoms with Gasteiger partial charge in [0, 0.05) is 17.8 Å². The molecule has 136 valence electrons. The molecule has 6 nitrogen and oxygen atoms in total. The maximum absolute atomic E-state index is 12.5. The van der Waals surface area contributed by atoms with Crippen molar-refractivity contribution in [3.63, 3.8) is 0 Å². The molecule has 0 aliphatic heterocycles. The summed E-state index contributed by atoms with van der Waals surface area (Å²) in [6, 6.07) is 12.4. The minimum absolute atomic E-state index is 0.0791. The molecule has 0 fully saturated rings. The van der Waals surface area contributed by atoms with Crippen molar-refractivity contribution >= 4 is 40.5 Å². The topological polar surface area (TPSA) is 79.5 Å². The van der Waals surface area contributed by atoms with Gasteiger partial charge in [0.15, 0.2) is 5.11 Å². The minimum atomic E-state index is -0.363. The van der Waals surface area contributed by atoms with Gasteiger partial charge in [0.2, 0.25) is 5.91 Å². The third-order valence-electron chi connectivity index (χ3n) is 3.61. The first-order valence-corrected chi connectivity index (χ1v) is 8.51. The van der Waals surface area contributed by atoms with Gasteiger partial charge in [-0.15, -0.1) is 0 Å². The van der Waals surface area contributed by atoms with Gasteiger partial charge in [-0.3, -0.25) is 14.9 Å². The standard InChI is InChI=1S/C19H21N3O3S/c1-4-16(23)20-13-8-6-9-14(11-13)21-19(26)22-18(24)15-10-5-7-12(2)17(15)25-3/h5-11H,4H2,1-3H3,(H,20,23)(H2,21,22,24,26). The molecule has 0 radical (unpaired) electrons. The van der Waals surface area contributed by atoms with Crippen molar-refractivity contribution in [3.8, 4) is 5.75 Å². The van der Waals surface area contributed by atoms with Crippen LogP contribution in [0.2, 0.25) is 0 Å². The highest BCUT2D eigenvalue weighted by molar-refractivity contribution is 7.80. The van der Waals surface area contributed by atoms with Gasteiger partial charge in [-0.05, 0) is 49.0 Å². The highest BCUT2D eigenvalue weighted by Crippen LogP contribution is 2.22. The van der Waals surface area contributed by atoms with E-state index in [9.17, 15) is 9.59 Å². The molecular formula is C19H21N3O3S. The summed E-state index contributed by atoms with van der Waals surface area (Å²) in [5.41, 5.74) is 2.57. The summed E-state index contributed by atoms with van der Waals surface area (Å²) in [6.45, 7) is 3.64. The van der Waals surface area contributed by atoms with Crippen LogP contribution in [0.3, 0.4) is 0 Å². The third kappa shape index (κ3) is 5.03. The van der Waals surface area contributed by atoms with E-state index in [-0.39, 0.29) is 16.9 Å². The highest BCUT2D eigenvalue weighted by Gasteiger charge is 2.15. The van der Waals surface area contributed by atoms with Crippen molar-refractivity contribution in [3.05, 3.63) is 53.6 Å². The lowest BCUT2D eigenvalue weighted by Crippen LogP contribution is -2.34. The molecule has 7 heteroatoms. The number of thiocarbonyl (C=S) groups is 1. The number of para-hydroxylation sites is 1. The zero-order chi connectivity index (χ0) is 19.1. The van der Waals surface area contributed by atoms with Crippen molar-refractivity contribution in [2.45, 2.75) is 20.3 Å². The van der Waals surface area contributed by atoms with Crippen LogP contribution in [-0.2, 0) is 4.79 Å². The van der Waals surface area contributed by atoms with Crippen molar-refractivity contribution in [2.75, 3.05) is 17.7 Å². The summed E-state index contributed by atoms with van der Waals surface area (Å²) in [4.78, 5) is 23.9. The van der Waals surface area contributed by atoms with Crippen molar-refractivity contribution in [1.82, 2.24) is 5.32 Å². The lowest BCUT2D eigenvalue weighted by Gasteiger charge is -2.13. The van der Waals surface area contributed by atoms with E-state index in [1.54, 1.807) is 43.3 Å². The molecule has 0 heterocycles. The average molecular weight is 371 g/mol. The van der Waals surface area contributed by atoms with Gasteiger partial charge in [-0.25, -0.2) is 0 Å². The molecule has 0 aliphatic carbocycles. The van der Waals surface area contributed by atoms with Crippen LogP contribution in [0.4, 0.5) is 11.4 Å². The molecule has 26 heavy (non-hydrogen) atoms. The molecule has 0 saturated heterocycles. The largest absolute Gasteiger partial charge is 0.496 e. The van der Waals surface area contributed by atoms with E-state index in [0.717, 1.165) is 5.56 Å². The number of nitrogens with one attached hydrogen (secondary N) is 3. The predicted octanol–water partition coefficient (Wildman–Crippen LogP) is 3.48. The average Bonchev–Trinajstić information content (AvgIpc) is 2.61. The zero-order valence-electron chi connectivity index (χ0n) is 14.9. The number of hydrogen-bond acceptors (Lipinski definition) is 4. The van der Waals surface area contributed by atoms with E-state index in [2.05, 4.69) is 16.0 Å². The highest BCUT2D eigenvalue weighted by atomic mass is 32.1. The van der Waals surface area contributed by atoms with E-state index in [1.165, 1.54) is 7.11 Å². The van der Waals surface area contributed by atoms with Gasteiger partial charge in [-0.2, -0.15) is 0 Å². The van der Waals surface area contributed by atoms with Crippen LogP contribution >= 0.6 is 12.2 Å². The quantitative estimate of drug-likeness (QED) is 0.701. The number of amides is 2. The molecule has 0 bridgehead atoms. The summed E-state index contributed by atoms with van der Waals surface area (Å²) in [6.07, 6.45) is 0.393. The van der Waals surface area contributed by atoms with Crippen LogP contribution in [-0.4, -0.2) is 24.0 Å². The maximum Gasteiger partial charge on any atom is 0.261 e. The number of aryl methyl sites for hydroxylation is 1. The van der Waals surface area contributed by atoms with Crippen molar-refractivity contribution < 1.29 is 14.3 Å². The number of ether oxygens (including phenoxy) is 1. The Morgan fingerprint density at radius 1 is 1.08 bits per heavy atom. The Labute approximate surface area is 157 Å². The zero-order valence-corrected chi connectivity index (χ0v) is 15.7. The molecule has 3 N–H and O–H groups in total. The Morgan fingerprint density at radius 3 is 2.38 bits per heavy atom. The van der Waals surface area contributed by atoms with Crippen LogP contribution < -0.4 is 20.7 Å². The number of carbonyl (C=O) groups excluding carboxylic acids is 2.